The molecule has 2 amide bonds. The van der Waals surface area contributed by atoms with Gasteiger partial charge in [0.15, 0.2) is 0 Å². The van der Waals surface area contributed by atoms with Crippen molar-refractivity contribution in [1.29, 1.82) is 0 Å². The number of carboxylic acid groups (broad SMARTS) is 1. The third-order valence-corrected chi connectivity index (χ3v) is 7.45. The molecule has 2 heterocycles. The summed E-state index contributed by atoms with van der Waals surface area (Å²) in [6.45, 7) is 1.80. The van der Waals surface area contributed by atoms with E-state index in [2.05, 4.69) is 29.6 Å². The maximum absolute atomic E-state index is 12.8. The van der Waals surface area contributed by atoms with Crippen LogP contribution in [0, 0.1) is 11.8 Å². The molecule has 8 heteroatoms. The van der Waals surface area contributed by atoms with E-state index in [1.54, 1.807) is 4.90 Å². The third kappa shape index (κ3) is 4.89. The van der Waals surface area contributed by atoms with E-state index < -0.39 is 18.0 Å². The lowest BCUT2D eigenvalue weighted by Crippen LogP contribution is -2.47. The van der Waals surface area contributed by atoms with Gasteiger partial charge in [0.25, 0.3) is 0 Å². The van der Waals surface area contributed by atoms with E-state index in [9.17, 15) is 19.5 Å². The SMILES string of the molecule is O=C(NC1CCOCC1CC(=O)N1CCC(C(=O)O)C1)OCC1c2ccccc2-c2ccccc21. The van der Waals surface area contributed by atoms with E-state index in [-0.39, 0.29) is 43.4 Å². The molecule has 3 atom stereocenters. The van der Waals surface area contributed by atoms with Crippen molar-refractivity contribution in [1.82, 2.24) is 10.2 Å². The fourth-order valence-corrected chi connectivity index (χ4v) is 5.52. The van der Waals surface area contributed by atoms with Crippen LogP contribution >= 0.6 is 0 Å². The molecule has 5 rings (SSSR count). The van der Waals surface area contributed by atoms with E-state index in [0.717, 1.165) is 11.1 Å². The number of carbonyl (C=O) groups excluding carboxylic acids is 2. The number of hydrogen-bond donors (Lipinski definition) is 2. The highest BCUT2D eigenvalue weighted by atomic mass is 16.5. The first-order valence-electron chi connectivity index (χ1n) is 12.2. The Labute approximate surface area is 204 Å². The van der Waals surface area contributed by atoms with Crippen molar-refractivity contribution < 1.29 is 29.0 Å². The quantitative estimate of drug-likeness (QED) is 0.660. The Morgan fingerprint density at radius 1 is 1.03 bits per heavy atom. The van der Waals surface area contributed by atoms with Crippen molar-refractivity contribution in [3.63, 3.8) is 0 Å². The van der Waals surface area contributed by atoms with Crippen molar-refractivity contribution in [2.24, 2.45) is 11.8 Å². The van der Waals surface area contributed by atoms with Crippen LogP contribution in [0.2, 0.25) is 0 Å². The van der Waals surface area contributed by atoms with Crippen molar-refractivity contribution in [3.8, 4) is 11.1 Å². The molecule has 0 bridgehead atoms. The zero-order chi connectivity index (χ0) is 24.4. The summed E-state index contributed by atoms with van der Waals surface area (Å²) < 4.78 is 11.3. The number of nitrogens with one attached hydrogen (secondary N) is 1. The van der Waals surface area contributed by atoms with E-state index in [1.165, 1.54) is 11.1 Å². The second-order valence-electron chi connectivity index (χ2n) is 9.57. The van der Waals surface area contributed by atoms with Crippen molar-refractivity contribution in [2.75, 3.05) is 32.9 Å². The van der Waals surface area contributed by atoms with E-state index in [0.29, 0.717) is 32.6 Å². The molecule has 35 heavy (non-hydrogen) atoms. The molecule has 2 aliphatic heterocycles. The Morgan fingerprint density at radius 2 is 1.71 bits per heavy atom. The average Bonchev–Trinajstić information content (AvgIpc) is 3.48. The van der Waals surface area contributed by atoms with Gasteiger partial charge in [0.1, 0.15) is 6.61 Å². The molecule has 184 valence electrons. The molecule has 8 nitrogen and oxygen atoms in total. The van der Waals surface area contributed by atoms with Crippen LogP contribution in [-0.4, -0.2) is 66.9 Å². The maximum Gasteiger partial charge on any atom is 0.407 e. The molecule has 0 saturated carbocycles. The van der Waals surface area contributed by atoms with E-state index >= 15 is 0 Å². The van der Waals surface area contributed by atoms with Crippen LogP contribution in [0.5, 0.6) is 0 Å². The minimum Gasteiger partial charge on any atom is -0.481 e. The van der Waals surface area contributed by atoms with Gasteiger partial charge < -0.3 is 24.8 Å². The van der Waals surface area contributed by atoms with Gasteiger partial charge in [-0.25, -0.2) is 4.79 Å². The summed E-state index contributed by atoms with van der Waals surface area (Å²) in [4.78, 5) is 38.4. The van der Waals surface area contributed by atoms with Crippen molar-refractivity contribution in [3.05, 3.63) is 59.7 Å². The highest BCUT2D eigenvalue weighted by Crippen LogP contribution is 2.44. The van der Waals surface area contributed by atoms with Gasteiger partial charge in [0.2, 0.25) is 5.91 Å². The normalized spacial score (nSPS) is 23.4. The lowest BCUT2D eigenvalue weighted by Gasteiger charge is -2.32. The van der Waals surface area contributed by atoms with Crippen LogP contribution in [0.1, 0.15) is 36.3 Å². The minimum atomic E-state index is -0.865. The number of ether oxygens (including phenoxy) is 2. The number of likely N-dealkylation sites (tertiary alicyclic amines) is 1. The second-order valence-corrected chi connectivity index (χ2v) is 9.57. The predicted molar refractivity (Wildman–Crippen MR) is 128 cm³/mol. The number of hydrogen-bond acceptors (Lipinski definition) is 5. The Hall–Kier alpha value is -3.39. The number of carboxylic acids is 1. The largest absolute Gasteiger partial charge is 0.481 e. The second kappa shape index (κ2) is 10.1. The molecule has 2 fully saturated rings. The van der Waals surface area contributed by atoms with Gasteiger partial charge in [0.05, 0.1) is 12.5 Å². The van der Waals surface area contributed by atoms with Gasteiger partial charge in [-0.2, -0.15) is 0 Å². The smallest absolute Gasteiger partial charge is 0.407 e. The first-order valence-corrected chi connectivity index (χ1v) is 12.2. The summed E-state index contributed by atoms with van der Waals surface area (Å²) >= 11 is 0. The van der Waals surface area contributed by atoms with Gasteiger partial charge in [-0.15, -0.1) is 0 Å². The van der Waals surface area contributed by atoms with Crippen molar-refractivity contribution >= 4 is 18.0 Å². The molecule has 2 N–H and O–H groups in total. The molecule has 3 aliphatic rings. The molecular weight excluding hydrogens is 448 g/mol. The molecule has 0 spiro atoms. The first-order chi connectivity index (χ1) is 17.0. The minimum absolute atomic E-state index is 0.0161. The summed E-state index contributed by atoms with van der Waals surface area (Å²) in [5, 5.41) is 12.2. The van der Waals surface area contributed by atoms with Gasteiger partial charge in [-0.05, 0) is 35.1 Å². The topological polar surface area (TPSA) is 105 Å². The molecule has 0 radical (unpaired) electrons. The lowest BCUT2D eigenvalue weighted by atomic mass is 9.92. The monoisotopic (exact) mass is 478 g/mol. The van der Waals surface area contributed by atoms with Crippen LogP contribution < -0.4 is 5.32 Å². The number of fused-ring (bicyclic) bond motifs is 3. The number of carbonyl (C=O) groups is 3. The number of benzene rings is 2. The standard InChI is InChI=1S/C27H30N2O6/c30-25(29-11-9-17(14-29)26(31)32)13-18-15-34-12-10-24(18)28-27(33)35-16-23-21-7-3-1-5-19(21)20-6-2-4-8-22(20)23/h1-8,17-18,23-24H,9-16H2,(H,28,33)(H,31,32). The average molecular weight is 479 g/mol. The zero-order valence-electron chi connectivity index (χ0n) is 19.5. The molecule has 2 aromatic rings. The molecule has 3 unspecified atom stereocenters. The summed E-state index contributed by atoms with van der Waals surface area (Å²) in [5.41, 5.74) is 4.65. The number of alkyl carbamates (subject to hydrolysis) is 1. The van der Waals surface area contributed by atoms with Gasteiger partial charge in [-0.3, -0.25) is 9.59 Å². The zero-order valence-corrected chi connectivity index (χ0v) is 19.5. The van der Waals surface area contributed by atoms with Crippen LogP contribution in [0.4, 0.5) is 4.79 Å². The summed E-state index contributed by atoms with van der Waals surface area (Å²) in [6, 6.07) is 16.1. The van der Waals surface area contributed by atoms with Crippen LogP contribution in [0.15, 0.2) is 48.5 Å². The Balaban J connectivity index is 1.18. The van der Waals surface area contributed by atoms with Crippen LogP contribution in [0.25, 0.3) is 11.1 Å². The van der Waals surface area contributed by atoms with Gasteiger partial charge in [-0.1, -0.05) is 48.5 Å². The van der Waals surface area contributed by atoms with Gasteiger partial charge >= 0.3 is 12.1 Å². The predicted octanol–water partition coefficient (Wildman–Crippen LogP) is 3.25. The first kappa shape index (κ1) is 23.4. The Bertz CT molecular complexity index is 1070. The lowest BCUT2D eigenvalue weighted by molar-refractivity contribution is -0.141. The van der Waals surface area contributed by atoms with E-state index in [1.807, 2.05) is 24.3 Å². The number of aliphatic carboxylic acids is 1. The molecule has 0 aromatic heterocycles. The number of nitrogens with zero attached hydrogens (tertiary/aromatic N) is 1. The van der Waals surface area contributed by atoms with Crippen LogP contribution in [-0.2, 0) is 19.1 Å². The summed E-state index contributed by atoms with van der Waals surface area (Å²) in [6.07, 6.45) is 0.785. The molecule has 2 aromatic carbocycles. The molecular formula is C27H30N2O6. The Morgan fingerprint density at radius 3 is 2.37 bits per heavy atom. The fourth-order valence-electron chi connectivity index (χ4n) is 5.52. The Kier molecular flexibility index (Phi) is 6.72. The number of amides is 2. The number of rotatable bonds is 6. The molecule has 1 aliphatic carbocycles. The molecule has 2 saturated heterocycles. The van der Waals surface area contributed by atoms with Crippen molar-refractivity contribution in [2.45, 2.75) is 31.2 Å². The summed E-state index contributed by atoms with van der Waals surface area (Å²) in [7, 11) is 0. The van der Waals surface area contributed by atoms with E-state index in [4.69, 9.17) is 9.47 Å². The maximum atomic E-state index is 12.8. The fraction of sp³-hybridized carbons (Fsp3) is 0.444. The van der Waals surface area contributed by atoms with Gasteiger partial charge in [0, 0.05) is 44.0 Å². The third-order valence-electron chi connectivity index (χ3n) is 7.45. The van der Waals surface area contributed by atoms with Crippen LogP contribution in [0.3, 0.4) is 0 Å². The highest BCUT2D eigenvalue weighted by Gasteiger charge is 2.35. The highest BCUT2D eigenvalue weighted by molar-refractivity contribution is 5.80. The summed E-state index contributed by atoms with van der Waals surface area (Å²) in [5.74, 6) is -1.66.